The van der Waals surface area contributed by atoms with Gasteiger partial charge in [0.05, 0.1) is 18.8 Å². The van der Waals surface area contributed by atoms with E-state index >= 15 is 0 Å². The second-order valence-electron chi connectivity index (χ2n) is 5.71. The average Bonchev–Trinajstić information content (AvgIpc) is 2.37. The minimum atomic E-state index is -0.568. The Hall–Kier alpha value is -0.580. The second-order valence-corrected chi connectivity index (χ2v) is 6.56. The number of hydrogen-bond donors (Lipinski definition) is 1. The Morgan fingerprint density at radius 1 is 1.35 bits per heavy atom. The first kappa shape index (κ1) is 15.8. The van der Waals surface area contributed by atoms with Gasteiger partial charge in [-0.2, -0.15) is 0 Å². The Morgan fingerprint density at radius 3 is 2.45 bits per heavy atom. The zero-order chi connectivity index (χ0) is 14.9. The van der Waals surface area contributed by atoms with Gasteiger partial charge in [0.2, 0.25) is 0 Å². The van der Waals surface area contributed by atoms with Crippen molar-refractivity contribution < 1.29 is 14.6 Å². The molecule has 1 fully saturated rings. The molecule has 112 valence electrons. The summed E-state index contributed by atoms with van der Waals surface area (Å²) in [6, 6.07) is 2.03. The summed E-state index contributed by atoms with van der Waals surface area (Å²) in [5, 5.41) is 10.7. The van der Waals surface area contributed by atoms with Crippen LogP contribution in [-0.2, 0) is 4.74 Å². The van der Waals surface area contributed by atoms with Crippen molar-refractivity contribution in [1.82, 2.24) is 0 Å². The molecule has 1 unspecified atom stereocenters. The molecule has 1 aliphatic rings. The van der Waals surface area contributed by atoms with Gasteiger partial charge in [-0.05, 0) is 50.3 Å². The quantitative estimate of drug-likeness (QED) is 0.876. The van der Waals surface area contributed by atoms with Crippen molar-refractivity contribution >= 4 is 15.9 Å². The van der Waals surface area contributed by atoms with Gasteiger partial charge in [-0.1, -0.05) is 15.9 Å². The smallest absolute Gasteiger partial charge is 0.127 e. The highest BCUT2D eigenvalue weighted by atomic mass is 79.9. The van der Waals surface area contributed by atoms with Crippen LogP contribution in [-0.4, -0.2) is 24.9 Å². The van der Waals surface area contributed by atoms with Crippen molar-refractivity contribution in [1.29, 1.82) is 0 Å². The molecule has 4 heteroatoms. The van der Waals surface area contributed by atoms with Crippen LogP contribution in [0.2, 0.25) is 0 Å². The minimum absolute atomic E-state index is 0.160. The van der Waals surface area contributed by atoms with Gasteiger partial charge >= 0.3 is 0 Å². The molecule has 1 aliphatic carbocycles. The number of halogens is 1. The van der Waals surface area contributed by atoms with Crippen LogP contribution < -0.4 is 4.74 Å². The summed E-state index contributed by atoms with van der Waals surface area (Å²) in [7, 11) is 3.39. The minimum Gasteiger partial charge on any atom is -0.496 e. The Labute approximate surface area is 129 Å². The lowest BCUT2D eigenvalue weighted by atomic mass is 9.75. The first-order chi connectivity index (χ1) is 9.44. The summed E-state index contributed by atoms with van der Waals surface area (Å²) < 4.78 is 12.1. The average molecular weight is 343 g/mol. The van der Waals surface area contributed by atoms with E-state index in [1.165, 1.54) is 6.42 Å². The zero-order valence-corrected chi connectivity index (χ0v) is 14.2. The fourth-order valence-electron chi connectivity index (χ4n) is 3.06. The fraction of sp³-hybridized carbons (Fsp3) is 0.625. The van der Waals surface area contributed by atoms with Crippen molar-refractivity contribution in [2.75, 3.05) is 14.2 Å². The molecule has 0 spiro atoms. The van der Waals surface area contributed by atoms with E-state index in [1.807, 2.05) is 19.9 Å². The summed E-state index contributed by atoms with van der Waals surface area (Å²) in [5.74, 6) is 0.781. The number of ether oxygens (including phenoxy) is 2. The van der Waals surface area contributed by atoms with Crippen LogP contribution in [0.1, 0.15) is 48.5 Å². The van der Waals surface area contributed by atoms with Crippen LogP contribution in [0, 0.1) is 13.8 Å². The summed E-state index contributed by atoms with van der Waals surface area (Å²) in [4.78, 5) is 0. The molecule has 0 aromatic heterocycles. The Kier molecular flexibility index (Phi) is 4.77. The first-order valence-corrected chi connectivity index (χ1v) is 7.80. The van der Waals surface area contributed by atoms with E-state index in [9.17, 15) is 5.11 Å². The lowest BCUT2D eigenvalue weighted by Crippen LogP contribution is -2.40. The lowest BCUT2D eigenvalue weighted by molar-refractivity contribution is -0.100. The summed E-state index contributed by atoms with van der Waals surface area (Å²) >= 11 is 3.56. The van der Waals surface area contributed by atoms with E-state index in [-0.39, 0.29) is 5.60 Å². The molecule has 0 heterocycles. The van der Waals surface area contributed by atoms with Crippen molar-refractivity contribution in [3.05, 3.63) is 27.2 Å². The van der Waals surface area contributed by atoms with Crippen molar-refractivity contribution in [3.8, 4) is 5.75 Å². The van der Waals surface area contributed by atoms with Crippen LogP contribution in [0.25, 0.3) is 0 Å². The second kappa shape index (κ2) is 6.04. The van der Waals surface area contributed by atoms with E-state index in [0.29, 0.717) is 6.42 Å². The van der Waals surface area contributed by atoms with E-state index in [4.69, 9.17) is 9.47 Å². The van der Waals surface area contributed by atoms with Gasteiger partial charge in [0.1, 0.15) is 5.75 Å². The van der Waals surface area contributed by atoms with Gasteiger partial charge in [-0.25, -0.2) is 0 Å². The lowest BCUT2D eigenvalue weighted by Gasteiger charge is -2.42. The molecule has 0 amide bonds. The third-order valence-electron chi connectivity index (χ3n) is 4.51. The molecule has 20 heavy (non-hydrogen) atoms. The van der Waals surface area contributed by atoms with Gasteiger partial charge in [0, 0.05) is 23.6 Å². The molecule has 0 saturated heterocycles. The molecule has 1 atom stereocenters. The zero-order valence-electron chi connectivity index (χ0n) is 12.6. The van der Waals surface area contributed by atoms with Crippen LogP contribution >= 0.6 is 15.9 Å². The Morgan fingerprint density at radius 2 is 2.00 bits per heavy atom. The standard InChI is InChI=1S/C16H23BrO3/c1-10-8-12(17)11(2)14(15(10)19-3)13(18)9-16(20-4)6-5-7-16/h8,13,18H,5-7,9H2,1-4H3. The van der Waals surface area contributed by atoms with Gasteiger partial charge in [0.25, 0.3) is 0 Å². The van der Waals surface area contributed by atoms with Gasteiger partial charge in [-0.15, -0.1) is 0 Å². The van der Waals surface area contributed by atoms with E-state index < -0.39 is 6.10 Å². The predicted molar refractivity (Wildman–Crippen MR) is 83.3 cm³/mol. The highest BCUT2D eigenvalue weighted by Gasteiger charge is 2.40. The van der Waals surface area contributed by atoms with E-state index in [1.54, 1.807) is 14.2 Å². The third kappa shape index (κ3) is 2.74. The first-order valence-electron chi connectivity index (χ1n) is 7.01. The van der Waals surface area contributed by atoms with Crippen LogP contribution in [0.3, 0.4) is 0 Å². The molecule has 1 N–H and O–H groups in total. The SMILES string of the molecule is COc1c(C)cc(Br)c(C)c1C(O)CC1(OC)CCC1. The van der Waals surface area contributed by atoms with Crippen molar-refractivity contribution in [3.63, 3.8) is 0 Å². The Balaban J connectivity index is 2.35. The third-order valence-corrected chi connectivity index (χ3v) is 5.33. The van der Waals surface area contributed by atoms with Crippen molar-refractivity contribution in [2.45, 2.75) is 51.2 Å². The van der Waals surface area contributed by atoms with Crippen molar-refractivity contribution in [2.24, 2.45) is 0 Å². The molecule has 1 aromatic rings. The predicted octanol–water partition coefficient (Wildman–Crippen LogP) is 4.07. The molecule has 0 aliphatic heterocycles. The molecular weight excluding hydrogens is 320 g/mol. The van der Waals surface area contributed by atoms with E-state index in [0.717, 1.165) is 39.8 Å². The Bertz CT molecular complexity index is 489. The molecule has 1 saturated carbocycles. The number of methoxy groups -OCH3 is 2. The summed E-state index contributed by atoms with van der Waals surface area (Å²) in [6.07, 6.45) is 3.27. The number of benzene rings is 1. The summed E-state index contributed by atoms with van der Waals surface area (Å²) in [5.41, 5.74) is 2.78. The van der Waals surface area contributed by atoms with Crippen LogP contribution in [0.4, 0.5) is 0 Å². The largest absolute Gasteiger partial charge is 0.496 e. The number of aliphatic hydroxyl groups excluding tert-OH is 1. The fourth-order valence-corrected chi connectivity index (χ4v) is 3.62. The molecule has 1 aromatic carbocycles. The van der Waals surface area contributed by atoms with Gasteiger partial charge in [-0.3, -0.25) is 0 Å². The number of aliphatic hydroxyl groups is 1. The van der Waals surface area contributed by atoms with Crippen LogP contribution in [0.15, 0.2) is 10.5 Å². The monoisotopic (exact) mass is 342 g/mol. The number of aryl methyl sites for hydroxylation is 1. The molecule has 0 radical (unpaired) electrons. The molecule has 0 bridgehead atoms. The molecular formula is C16H23BrO3. The van der Waals surface area contributed by atoms with Gasteiger partial charge in [0.15, 0.2) is 0 Å². The normalized spacial score (nSPS) is 18.5. The maximum absolute atomic E-state index is 10.7. The van der Waals surface area contributed by atoms with Gasteiger partial charge < -0.3 is 14.6 Å². The highest BCUT2D eigenvalue weighted by Crippen LogP contribution is 2.45. The summed E-state index contributed by atoms with van der Waals surface area (Å²) in [6.45, 7) is 4.00. The molecule has 3 nitrogen and oxygen atoms in total. The maximum Gasteiger partial charge on any atom is 0.127 e. The number of rotatable bonds is 5. The topological polar surface area (TPSA) is 38.7 Å². The number of hydrogen-bond acceptors (Lipinski definition) is 3. The maximum atomic E-state index is 10.7. The highest BCUT2D eigenvalue weighted by molar-refractivity contribution is 9.10. The van der Waals surface area contributed by atoms with Crippen LogP contribution in [0.5, 0.6) is 5.75 Å². The van der Waals surface area contributed by atoms with E-state index in [2.05, 4.69) is 15.9 Å². The molecule has 2 rings (SSSR count).